The van der Waals surface area contributed by atoms with Gasteiger partial charge >= 0.3 is 12.1 Å². The highest BCUT2D eigenvalue weighted by atomic mass is 32.2. The van der Waals surface area contributed by atoms with Crippen molar-refractivity contribution in [1.29, 1.82) is 5.26 Å². The monoisotopic (exact) mass is 442 g/mol. The number of thioether (sulfide) groups is 1. The van der Waals surface area contributed by atoms with Crippen LogP contribution in [0.3, 0.4) is 0 Å². The molecule has 10 heteroatoms. The molecular weight excluding hydrogens is 420 g/mol. The Bertz CT molecular complexity index is 952. The molecule has 31 heavy (non-hydrogen) atoms. The molecule has 1 N–H and O–H groups in total. The molecule has 0 saturated carbocycles. The maximum atomic E-state index is 12.7. The summed E-state index contributed by atoms with van der Waals surface area (Å²) in [5.41, 5.74) is 1.27. The van der Waals surface area contributed by atoms with E-state index in [-0.39, 0.29) is 24.5 Å². The molecule has 2 amide bonds. The molecule has 1 aliphatic heterocycles. The number of aromatic nitrogens is 1. The quantitative estimate of drug-likeness (QED) is 0.504. The Hall–Kier alpha value is -3.45. The van der Waals surface area contributed by atoms with E-state index in [1.807, 2.05) is 0 Å². The molecule has 2 rings (SSSR count). The van der Waals surface area contributed by atoms with Gasteiger partial charge in [0.15, 0.2) is 0 Å². The van der Waals surface area contributed by atoms with Crippen molar-refractivity contribution in [3.8, 4) is 6.07 Å². The maximum absolute atomic E-state index is 12.7. The van der Waals surface area contributed by atoms with Crippen LogP contribution < -0.4 is 5.32 Å². The summed E-state index contributed by atoms with van der Waals surface area (Å²) in [4.78, 5) is 44.6. The van der Waals surface area contributed by atoms with Gasteiger partial charge in [0.1, 0.15) is 12.5 Å². The molecule has 0 aliphatic carbocycles. The molecule has 0 saturated heterocycles. The van der Waals surface area contributed by atoms with E-state index in [1.54, 1.807) is 38.4 Å². The fraction of sp³-hybridized carbons (Fsp3) is 0.333. The van der Waals surface area contributed by atoms with Gasteiger partial charge in [-0.1, -0.05) is 30.5 Å². The lowest BCUT2D eigenvalue weighted by molar-refractivity contribution is -0.138. The van der Waals surface area contributed by atoms with Gasteiger partial charge in [-0.15, -0.1) is 0 Å². The van der Waals surface area contributed by atoms with E-state index in [1.165, 1.54) is 6.08 Å². The smallest absolute Gasteiger partial charge is 0.413 e. The minimum Gasteiger partial charge on any atom is -0.458 e. The molecule has 1 aliphatic rings. The van der Waals surface area contributed by atoms with Crippen LogP contribution in [0.25, 0.3) is 0 Å². The molecule has 9 nitrogen and oxygen atoms in total. The molecule has 0 bridgehead atoms. The van der Waals surface area contributed by atoms with Crippen LogP contribution in [0.5, 0.6) is 0 Å². The number of rotatable bonds is 7. The Balaban J connectivity index is 2.34. The van der Waals surface area contributed by atoms with Crippen LogP contribution in [-0.2, 0) is 19.1 Å². The van der Waals surface area contributed by atoms with Crippen molar-refractivity contribution in [3.05, 3.63) is 54.0 Å². The van der Waals surface area contributed by atoms with Crippen LogP contribution >= 0.6 is 11.8 Å². The van der Waals surface area contributed by atoms with Gasteiger partial charge in [0.2, 0.25) is 5.91 Å². The first-order chi connectivity index (χ1) is 14.9. The number of allylic oxidation sites excluding steroid dienone is 1. The number of nitriles is 1. The van der Waals surface area contributed by atoms with Crippen LogP contribution in [0, 0.1) is 17.2 Å². The fourth-order valence-corrected chi connectivity index (χ4v) is 3.86. The predicted molar refractivity (Wildman–Crippen MR) is 115 cm³/mol. The van der Waals surface area contributed by atoms with Gasteiger partial charge < -0.3 is 9.47 Å². The van der Waals surface area contributed by atoms with Crippen LogP contribution in [0.4, 0.5) is 4.79 Å². The average molecular weight is 442 g/mol. The van der Waals surface area contributed by atoms with Crippen molar-refractivity contribution < 1.29 is 23.9 Å². The minimum absolute atomic E-state index is 0.0198. The summed E-state index contributed by atoms with van der Waals surface area (Å²) < 4.78 is 9.89. The van der Waals surface area contributed by atoms with Crippen molar-refractivity contribution >= 4 is 34.8 Å². The summed E-state index contributed by atoms with van der Waals surface area (Å²) >= 11 is 1.02. The van der Waals surface area contributed by atoms with Gasteiger partial charge in [0.25, 0.3) is 0 Å². The second-order valence-corrected chi connectivity index (χ2v) is 7.26. The van der Waals surface area contributed by atoms with Gasteiger partial charge in [-0.25, -0.2) is 14.6 Å². The third-order valence-electron chi connectivity index (χ3n) is 4.18. The lowest BCUT2D eigenvalue weighted by Gasteiger charge is -2.29. The highest BCUT2D eigenvalue weighted by Crippen LogP contribution is 2.41. The molecule has 0 spiro atoms. The Kier molecular flexibility index (Phi) is 8.96. The predicted octanol–water partition coefficient (Wildman–Crippen LogP) is 2.73. The maximum Gasteiger partial charge on any atom is 0.413 e. The highest BCUT2D eigenvalue weighted by molar-refractivity contribution is 8.14. The molecule has 1 aromatic heterocycles. The SMILES string of the molecule is C=CCOC(=O)C1=C(C)N=C(SCC(=O)NC(=O)OCC)C(C#N)[C@@H]1c1cccnc1. The Morgan fingerprint density at radius 3 is 2.77 bits per heavy atom. The van der Waals surface area contributed by atoms with Crippen molar-refractivity contribution in [3.63, 3.8) is 0 Å². The largest absolute Gasteiger partial charge is 0.458 e. The molecule has 0 fully saturated rings. The number of imide groups is 1. The van der Waals surface area contributed by atoms with Crippen LogP contribution in [0.2, 0.25) is 0 Å². The standard InChI is InChI=1S/C21H22N4O5S/c1-4-9-30-20(27)17-13(3)24-19(31-12-16(26)25-21(28)29-5-2)15(10-22)18(17)14-7-6-8-23-11-14/h4,6-8,11,15,18H,1,5,9,12H2,2-3H3,(H,25,26,28)/t15?,18-/m0/s1. The van der Waals surface area contributed by atoms with Gasteiger partial charge in [-0.2, -0.15) is 5.26 Å². The number of nitrogens with zero attached hydrogens (tertiary/aromatic N) is 3. The van der Waals surface area contributed by atoms with Crippen molar-refractivity contribution in [2.75, 3.05) is 19.0 Å². The van der Waals surface area contributed by atoms with Crippen molar-refractivity contribution in [2.24, 2.45) is 10.9 Å². The second-order valence-electron chi connectivity index (χ2n) is 6.26. The minimum atomic E-state index is -0.848. The topological polar surface area (TPSA) is 131 Å². The molecule has 162 valence electrons. The first kappa shape index (κ1) is 23.8. The molecule has 0 radical (unpaired) electrons. The molecule has 2 atom stereocenters. The zero-order valence-electron chi connectivity index (χ0n) is 17.2. The van der Waals surface area contributed by atoms with E-state index in [0.29, 0.717) is 16.3 Å². The number of hydrogen-bond donors (Lipinski definition) is 1. The summed E-state index contributed by atoms with van der Waals surface area (Å²) in [5.74, 6) is -2.86. The van der Waals surface area contributed by atoms with Crippen LogP contribution in [-0.4, -0.2) is 47.0 Å². The number of ether oxygens (including phenoxy) is 2. The molecule has 1 aromatic rings. The van der Waals surface area contributed by atoms with E-state index in [0.717, 1.165) is 11.8 Å². The number of aliphatic imine (C=N–C) groups is 1. The van der Waals surface area contributed by atoms with Gasteiger partial charge in [0.05, 0.1) is 29.0 Å². The van der Waals surface area contributed by atoms with Crippen molar-refractivity contribution in [2.45, 2.75) is 19.8 Å². The molecule has 2 heterocycles. The molecule has 0 aromatic carbocycles. The number of carbonyl (C=O) groups is 3. The normalized spacial score (nSPS) is 17.8. The average Bonchev–Trinajstić information content (AvgIpc) is 2.76. The van der Waals surface area contributed by atoms with E-state index in [2.05, 4.69) is 32.7 Å². The zero-order valence-corrected chi connectivity index (χ0v) is 18.0. The number of carbonyl (C=O) groups excluding carboxylic acids is 3. The third-order valence-corrected chi connectivity index (χ3v) is 5.23. The van der Waals surface area contributed by atoms with E-state index >= 15 is 0 Å². The summed E-state index contributed by atoms with van der Waals surface area (Å²) in [6.45, 7) is 6.95. The van der Waals surface area contributed by atoms with Crippen LogP contribution in [0.1, 0.15) is 25.3 Å². The second kappa shape index (κ2) is 11.7. The highest BCUT2D eigenvalue weighted by Gasteiger charge is 2.39. The summed E-state index contributed by atoms with van der Waals surface area (Å²) in [6, 6.07) is 5.65. The number of pyridine rings is 1. The van der Waals surface area contributed by atoms with E-state index in [9.17, 15) is 19.6 Å². The van der Waals surface area contributed by atoms with Crippen LogP contribution in [0.15, 0.2) is 53.4 Å². The zero-order chi connectivity index (χ0) is 22.8. The first-order valence-corrected chi connectivity index (χ1v) is 10.4. The number of hydrogen-bond acceptors (Lipinski definition) is 9. The Morgan fingerprint density at radius 1 is 1.39 bits per heavy atom. The number of alkyl carbamates (subject to hydrolysis) is 1. The van der Waals surface area contributed by atoms with Gasteiger partial charge in [-0.05, 0) is 25.5 Å². The molecule has 1 unspecified atom stereocenters. The fourth-order valence-electron chi connectivity index (χ4n) is 2.94. The van der Waals surface area contributed by atoms with Gasteiger partial charge in [-0.3, -0.25) is 15.1 Å². The lowest BCUT2D eigenvalue weighted by Crippen LogP contribution is -2.34. The first-order valence-electron chi connectivity index (χ1n) is 9.39. The Morgan fingerprint density at radius 2 is 2.16 bits per heavy atom. The van der Waals surface area contributed by atoms with Crippen molar-refractivity contribution in [1.82, 2.24) is 10.3 Å². The summed E-state index contributed by atoms with van der Waals surface area (Å²) in [5, 5.41) is 12.4. The third kappa shape index (κ3) is 6.26. The summed E-state index contributed by atoms with van der Waals surface area (Å²) in [6.07, 6.45) is 3.77. The van der Waals surface area contributed by atoms with E-state index < -0.39 is 29.8 Å². The lowest BCUT2D eigenvalue weighted by atomic mass is 9.79. The summed E-state index contributed by atoms with van der Waals surface area (Å²) in [7, 11) is 0. The van der Waals surface area contributed by atoms with E-state index in [4.69, 9.17) is 4.74 Å². The Labute approximate surface area is 184 Å². The van der Waals surface area contributed by atoms with Gasteiger partial charge in [0, 0.05) is 24.0 Å². The number of amides is 2. The molecular formula is C21H22N4O5S. The number of nitrogens with one attached hydrogen (secondary N) is 1. The number of esters is 1.